The Balaban J connectivity index is 0.00000169. The maximum Gasteiger partial charge on any atom is 0.226 e. The predicted octanol–water partition coefficient (Wildman–Crippen LogP) is 2.55. The normalized spacial score (nSPS) is 33.4. The van der Waals surface area contributed by atoms with Gasteiger partial charge in [-0.3, -0.25) is 9.69 Å². The van der Waals surface area contributed by atoms with Crippen molar-refractivity contribution in [1.82, 2.24) is 9.80 Å². The van der Waals surface area contributed by atoms with Crippen molar-refractivity contribution in [3.8, 4) is 0 Å². The smallest absolute Gasteiger partial charge is 0.226 e. The number of rotatable bonds is 4. The molecule has 1 aliphatic carbocycles. The van der Waals surface area contributed by atoms with Gasteiger partial charge in [0, 0.05) is 38.6 Å². The average molecular weight is 410 g/mol. The highest BCUT2D eigenvalue weighted by atomic mass is 35.5. The summed E-state index contributed by atoms with van der Waals surface area (Å²) in [5.41, 5.74) is 5.85. The van der Waals surface area contributed by atoms with E-state index in [4.69, 9.17) is 10.5 Å². The highest BCUT2D eigenvalue weighted by Crippen LogP contribution is 2.33. The quantitative estimate of drug-likeness (QED) is 0.774. The van der Waals surface area contributed by atoms with Crippen LogP contribution in [0.5, 0.6) is 0 Å². The van der Waals surface area contributed by atoms with Gasteiger partial charge in [-0.25, -0.2) is 0 Å². The van der Waals surface area contributed by atoms with E-state index in [1.807, 2.05) is 0 Å². The van der Waals surface area contributed by atoms with Gasteiger partial charge in [0.1, 0.15) is 0 Å². The molecule has 3 fully saturated rings. The summed E-state index contributed by atoms with van der Waals surface area (Å²) < 4.78 is 5.83. The fourth-order valence-corrected chi connectivity index (χ4v) is 5.01. The maximum absolute atomic E-state index is 12.8. The van der Waals surface area contributed by atoms with E-state index in [0.717, 1.165) is 64.3 Å². The van der Waals surface area contributed by atoms with E-state index in [2.05, 4.69) is 23.6 Å². The molecule has 5 nitrogen and oxygen atoms in total. The van der Waals surface area contributed by atoms with Crippen LogP contribution in [0.1, 0.15) is 46.0 Å². The van der Waals surface area contributed by atoms with Crippen molar-refractivity contribution < 1.29 is 9.53 Å². The molecule has 2 heterocycles. The number of nitrogens with two attached hydrogens (primary N) is 1. The minimum atomic E-state index is 0. The van der Waals surface area contributed by atoms with Gasteiger partial charge < -0.3 is 15.4 Å². The lowest BCUT2D eigenvalue weighted by Crippen LogP contribution is -2.49. The number of hydrogen-bond donors (Lipinski definition) is 1. The minimum absolute atomic E-state index is 0. The molecule has 0 aromatic rings. The molecule has 26 heavy (non-hydrogen) atoms. The molecule has 1 amide bonds. The lowest BCUT2D eigenvalue weighted by molar-refractivity contribution is -0.138. The minimum Gasteiger partial charge on any atom is -0.373 e. The summed E-state index contributed by atoms with van der Waals surface area (Å²) in [5.74, 6) is 1.73. The molecule has 0 bridgehead atoms. The van der Waals surface area contributed by atoms with Crippen LogP contribution in [0.2, 0.25) is 0 Å². The summed E-state index contributed by atoms with van der Waals surface area (Å²) in [7, 11) is 0. The Labute approximate surface area is 171 Å². The monoisotopic (exact) mass is 409 g/mol. The van der Waals surface area contributed by atoms with Crippen molar-refractivity contribution in [1.29, 1.82) is 0 Å². The zero-order valence-corrected chi connectivity index (χ0v) is 17.9. The Bertz CT molecular complexity index is 423. The van der Waals surface area contributed by atoms with E-state index in [-0.39, 0.29) is 30.7 Å². The predicted molar refractivity (Wildman–Crippen MR) is 110 cm³/mol. The van der Waals surface area contributed by atoms with Crippen LogP contribution in [0.3, 0.4) is 0 Å². The molecular weight excluding hydrogens is 373 g/mol. The second-order valence-corrected chi connectivity index (χ2v) is 8.28. The Kier molecular flexibility index (Phi) is 10.2. The number of carbonyl (C=O) groups is 1. The van der Waals surface area contributed by atoms with Gasteiger partial charge in [0.15, 0.2) is 0 Å². The lowest BCUT2D eigenvalue weighted by atomic mass is 9.91. The van der Waals surface area contributed by atoms with Crippen LogP contribution in [0, 0.1) is 17.8 Å². The number of halogens is 2. The summed E-state index contributed by atoms with van der Waals surface area (Å²) in [4.78, 5) is 17.5. The summed E-state index contributed by atoms with van der Waals surface area (Å²) in [6.07, 6.45) is 6.32. The molecule has 7 heteroatoms. The molecule has 2 saturated heterocycles. The van der Waals surface area contributed by atoms with Crippen molar-refractivity contribution in [3.63, 3.8) is 0 Å². The second-order valence-electron chi connectivity index (χ2n) is 8.28. The Morgan fingerprint density at radius 3 is 2.23 bits per heavy atom. The molecule has 0 radical (unpaired) electrons. The molecule has 0 spiro atoms. The van der Waals surface area contributed by atoms with E-state index in [1.165, 1.54) is 6.42 Å². The number of morpholine rings is 1. The number of likely N-dealkylation sites (tertiary alicyclic amines) is 1. The Morgan fingerprint density at radius 2 is 1.65 bits per heavy atom. The number of carbonyl (C=O) groups excluding carboxylic acids is 1. The van der Waals surface area contributed by atoms with Crippen molar-refractivity contribution >= 4 is 30.7 Å². The second kappa shape index (κ2) is 11.1. The Hall–Kier alpha value is -0.0700. The molecule has 2 unspecified atom stereocenters. The number of piperidine rings is 1. The van der Waals surface area contributed by atoms with Crippen LogP contribution >= 0.6 is 24.8 Å². The third-order valence-electron chi connectivity index (χ3n) is 6.22. The van der Waals surface area contributed by atoms with Crippen LogP contribution in [0.4, 0.5) is 0 Å². The van der Waals surface area contributed by atoms with Crippen LogP contribution in [0.15, 0.2) is 0 Å². The van der Waals surface area contributed by atoms with Gasteiger partial charge >= 0.3 is 0 Å². The van der Waals surface area contributed by atoms with Crippen molar-refractivity contribution in [2.75, 3.05) is 39.3 Å². The van der Waals surface area contributed by atoms with Crippen LogP contribution in [-0.2, 0) is 9.53 Å². The maximum atomic E-state index is 12.8. The molecule has 2 N–H and O–H groups in total. The highest BCUT2D eigenvalue weighted by Gasteiger charge is 2.36. The van der Waals surface area contributed by atoms with E-state index < -0.39 is 0 Å². The standard InChI is InChI=1S/C19H35N3O2.2ClH/c1-14-11-21(12-15(2)24-14)13-16-6-8-22(9-7-16)19(23)18-5-3-4-17(18)10-20;;/h14-18H,3-13,20H2,1-2H3;2*1H/t14?,15?,17-,18-;;/m1../s1. The summed E-state index contributed by atoms with van der Waals surface area (Å²) >= 11 is 0. The van der Waals surface area contributed by atoms with E-state index in [0.29, 0.717) is 30.6 Å². The van der Waals surface area contributed by atoms with Gasteiger partial charge in [0.25, 0.3) is 0 Å². The third-order valence-corrected chi connectivity index (χ3v) is 6.22. The fourth-order valence-electron chi connectivity index (χ4n) is 5.01. The zero-order valence-electron chi connectivity index (χ0n) is 16.3. The number of ether oxygens (including phenoxy) is 1. The number of nitrogens with zero attached hydrogens (tertiary/aromatic N) is 2. The molecule has 3 rings (SSSR count). The first kappa shape index (κ1) is 24.0. The Morgan fingerprint density at radius 1 is 1.04 bits per heavy atom. The largest absolute Gasteiger partial charge is 0.373 e. The van der Waals surface area contributed by atoms with Crippen molar-refractivity contribution in [2.45, 2.75) is 58.2 Å². The summed E-state index contributed by atoms with van der Waals surface area (Å²) in [5, 5.41) is 0. The topological polar surface area (TPSA) is 58.8 Å². The summed E-state index contributed by atoms with van der Waals surface area (Å²) in [6, 6.07) is 0. The van der Waals surface area contributed by atoms with Gasteiger partial charge in [0.2, 0.25) is 5.91 Å². The van der Waals surface area contributed by atoms with Gasteiger partial charge in [0.05, 0.1) is 12.2 Å². The third kappa shape index (κ3) is 5.96. The van der Waals surface area contributed by atoms with Gasteiger partial charge in [-0.05, 0) is 57.9 Å². The molecule has 1 saturated carbocycles. The van der Waals surface area contributed by atoms with Crippen LogP contribution in [0.25, 0.3) is 0 Å². The van der Waals surface area contributed by atoms with E-state index in [9.17, 15) is 4.79 Å². The first-order chi connectivity index (χ1) is 11.6. The van der Waals surface area contributed by atoms with Crippen molar-refractivity contribution in [2.24, 2.45) is 23.5 Å². The molecule has 4 atom stereocenters. The first-order valence-corrected chi connectivity index (χ1v) is 9.93. The fraction of sp³-hybridized carbons (Fsp3) is 0.947. The number of hydrogen-bond acceptors (Lipinski definition) is 4. The summed E-state index contributed by atoms with van der Waals surface area (Å²) in [6.45, 7) is 10.1. The number of amides is 1. The molecular formula is C19H37Cl2N3O2. The SMILES string of the molecule is CC1CN(CC2CCN(C(=O)[C@@H]3CCC[C@@H]3CN)CC2)CC(C)O1.Cl.Cl. The van der Waals surface area contributed by atoms with Gasteiger partial charge in [-0.2, -0.15) is 0 Å². The highest BCUT2D eigenvalue weighted by molar-refractivity contribution is 5.85. The molecule has 0 aromatic heterocycles. The van der Waals surface area contributed by atoms with Gasteiger partial charge in [-0.15, -0.1) is 24.8 Å². The molecule has 3 aliphatic rings. The van der Waals surface area contributed by atoms with Crippen molar-refractivity contribution in [3.05, 3.63) is 0 Å². The van der Waals surface area contributed by atoms with Gasteiger partial charge in [-0.1, -0.05) is 6.42 Å². The zero-order chi connectivity index (χ0) is 17.1. The molecule has 154 valence electrons. The first-order valence-electron chi connectivity index (χ1n) is 9.93. The molecule has 2 aliphatic heterocycles. The average Bonchev–Trinajstić information content (AvgIpc) is 3.02. The lowest BCUT2D eigenvalue weighted by Gasteiger charge is -2.40. The van der Waals surface area contributed by atoms with Crippen LogP contribution in [-0.4, -0.2) is 67.2 Å². The van der Waals surface area contributed by atoms with E-state index >= 15 is 0 Å². The molecule has 0 aromatic carbocycles. The van der Waals surface area contributed by atoms with E-state index in [1.54, 1.807) is 0 Å². The van der Waals surface area contributed by atoms with Crippen LogP contribution < -0.4 is 5.73 Å².